The highest BCUT2D eigenvalue weighted by molar-refractivity contribution is 6.60. The molecule has 6 nitrogen and oxygen atoms in total. The van der Waals surface area contributed by atoms with E-state index in [0.717, 1.165) is 4.67 Å². The van der Waals surface area contributed by atoms with E-state index in [-0.39, 0.29) is 0 Å². The van der Waals surface area contributed by atoms with Crippen LogP contribution in [0.5, 0.6) is 0 Å². The van der Waals surface area contributed by atoms with Gasteiger partial charge in [-0.3, -0.25) is 4.79 Å². The molecule has 0 fully saturated rings. The predicted molar refractivity (Wildman–Crippen MR) is 63.6 cm³/mol. The zero-order chi connectivity index (χ0) is 12.9. The van der Waals surface area contributed by atoms with Crippen molar-refractivity contribution >= 4 is 14.9 Å². The highest BCUT2D eigenvalue weighted by atomic mass is 28.4. The minimum absolute atomic E-state index is 0.414. The standard InChI is InChI=1S/C10H16N2O4Si/c1-14-17(15-2,16-3)12(11)10(13)9-7-5-4-6-8-9/h4-8H,11H2,1-3H3. The van der Waals surface area contributed by atoms with Crippen LogP contribution in [0.2, 0.25) is 0 Å². The zero-order valence-corrected chi connectivity index (χ0v) is 11.0. The lowest BCUT2D eigenvalue weighted by Gasteiger charge is -2.31. The third kappa shape index (κ3) is 2.71. The van der Waals surface area contributed by atoms with Crippen molar-refractivity contribution in [1.29, 1.82) is 0 Å². The number of nitrogens with zero attached hydrogens (tertiary/aromatic N) is 1. The fourth-order valence-corrected chi connectivity index (χ4v) is 2.86. The number of carbonyl (C=O) groups excluding carboxylic acids is 1. The summed E-state index contributed by atoms with van der Waals surface area (Å²) in [5, 5.41) is 0. The number of benzene rings is 1. The van der Waals surface area contributed by atoms with Crippen molar-refractivity contribution in [3.05, 3.63) is 35.9 Å². The summed E-state index contributed by atoms with van der Waals surface area (Å²) in [5.74, 6) is 5.32. The Morgan fingerprint density at radius 2 is 1.59 bits per heavy atom. The normalized spacial score (nSPS) is 11.3. The van der Waals surface area contributed by atoms with Crippen molar-refractivity contribution in [2.24, 2.45) is 5.84 Å². The lowest BCUT2D eigenvalue weighted by atomic mass is 10.2. The number of rotatable bonds is 5. The first-order chi connectivity index (χ1) is 8.11. The Labute approximate surface area is 101 Å². The maximum Gasteiger partial charge on any atom is 0.650 e. The molecule has 0 radical (unpaired) electrons. The first-order valence-corrected chi connectivity index (χ1v) is 6.58. The quantitative estimate of drug-likeness (QED) is 0.357. The molecule has 0 heterocycles. The van der Waals surface area contributed by atoms with Crippen molar-refractivity contribution < 1.29 is 18.1 Å². The Morgan fingerprint density at radius 1 is 1.12 bits per heavy atom. The molecule has 2 N–H and O–H groups in total. The largest absolute Gasteiger partial charge is 0.650 e. The van der Waals surface area contributed by atoms with Crippen molar-refractivity contribution in [2.75, 3.05) is 21.3 Å². The predicted octanol–water partition coefficient (Wildman–Crippen LogP) is 0.377. The van der Waals surface area contributed by atoms with Crippen LogP contribution in [0.1, 0.15) is 10.4 Å². The minimum atomic E-state index is -3.31. The van der Waals surface area contributed by atoms with E-state index in [1.807, 2.05) is 6.07 Å². The molecule has 0 unspecified atom stereocenters. The summed E-state index contributed by atoms with van der Waals surface area (Å²) in [6, 6.07) is 8.61. The Hall–Kier alpha value is -1.25. The first-order valence-electron chi connectivity index (χ1n) is 4.91. The van der Waals surface area contributed by atoms with Crippen LogP contribution in [-0.2, 0) is 13.3 Å². The molecule has 0 aliphatic rings. The zero-order valence-electron chi connectivity index (χ0n) is 10.0. The maximum absolute atomic E-state index is 12.1. The number of hydrogen-bond donors (Lipinski definition) is 1. The van der Waals surface area contributed by atoms with Gasteiger partial charge in [-0.1, -0.05) is 18.2 Å². The van der Waals surface area contributed by atoms with Crippen LogP contribution in [0.4, 0.5) is 0 Å². The summed E-state index contributed by atoms with van der Waals surface area (Å²) in [6.45, 7) is 0. The van der Waals surface area contributed by atoms with Crippen LogP contribution in [0.25, 0.3) is 0 Å². The van der Waals surface area contributed by atoms with Gasteiger partial charge in [-0.25, -0.2) is 10.5 Å². The van der Waals surface area contributed by atoms with Crippen molar-refractivity contribution in [3.63, 3.8) is 0 Å². The fraction of sp³-hybridized carbons (Fsp3) is 0.300. The molecule has 1 aromatic carbocycles. The summed E-state index contributed by atoms with van der Waals surface area (Å²) in [6.07, 6.45) is 0. The SMILES string of the molecule is CO[Si](OC)(OC)N(N)C(=O)c1ccccc1. The van der Waals surface area contributed by atoms with E-state index in [0.29, 0.717) is 5.56 Å². The molecule has 1 rings (SSSR count). The Kier molecular flexibility index (Phi) is 4.79. The molecule has 0 aliphatic heterocycles. The van der Waals surface area contributed by atoms with E-state index in [4.69, 9.17) is 19.1 Å². The summed E-state index contributed by atoms with van der Waals surface area (Å²) in [5.41, 5.74) is 0.443. The number of hydrogen-bond acceptors (Lipinski definition) is 5. The molecule has 94 valence electrons. The first kappa shape index (κ1) is 13.8. The second kappa shape index (κ2) is 5.89. The van der Waals surface area contributed by atoms with Gasteiger partial charge < -0.3 is 13.3 Å². The Bertz CT molecular complexity index is 362. The van der Waals surface area contributed by atoms with Gasteiger partial charge >= 0.3 is 8.97 Å². The molecular weight excluding hydrogens is 240 g/mol. The monoisotopic (exact) mass is 256 g/mol. The van der Waals surface area contributed by atoms with E-state index >= 15 is 0 Å². The summed E-state index contributed by atoms with van der Waals surface area (Å²) in [4.78, 5) is 12.1. The molecule has 0 bridgehead atoms. The fourth-order valence-electron chi connectivity index (χ4n) is 1.39. The van der Waals surface area contributed by atoms with Crippen LogP contribution < -0.4 is 5.84 Å². The number of carbonyl (C=O) groups is 1. The molecule has 0 spiro atoms. The van der Waals surface area contributed by atoms with Crippen LogP contribution >= 0.6 is 0 Å². The third-order valence-corrected chi connectivity index (χ3v) is 4.65. The van der Waals surface area contributed by atoms with Crippen molar-refractivity contribution in [1.82, 2.24) is 4.67 Å². The van der Waals surface area contributed by atoms with Crippen molar-refractivity contribution in [3.8, 4) is 0 Å². The summed E-state index contributed by atoms with van der Waals surface area (Å²) in [7, 11) is 0.854. The number of nitrogens with two attached hydrogens (primary N) is 1. The molecular formula is C10H16N2O4Si. The average molecular weight is 256 g/mol. The maximum atomic E-state index is 12.1. The highest BCUT2D eigenvalue weighted by Gasteiger charge is 2.49. The molecule has 0 aromatic heterocycles. The number of hydrazine groups is 1. The summed E-state index contributed by atoms with van der Waals surface area (Å²) < 4.78 is 16.2. The Balaban J connectivity index is 2.96. The van der Waals surface area contributed by atoms with E-state index in [1.165, 1.54) is 21.3 Å². The van der Waals surface area contributed by atoms with E-state index < -0.39 is 14.9 Å². The van der Waals surface area contributed by atoms with Gasteiger partial charge in [-0.2, -0.15) is 0 Å². The van der Waals surface area contributed by atoms with Crippen LogP contribution in [-0.4, -0.2) is 40.9 Å². The van der Waals surface area contributed by atoms with Gasteiger partial charge in [-0.05, 0) is 12.1 Å². The molecule has 17 heavy (non-hydrogen) atoms. The smallest absolute Gasteiger partial charge is 0.359 e. The van der Waals surface area contributed by atoms with E-state index in [1.54, 1.807) is 24.3 Å². The Morgan fingerprint density at radius 3 is 2.00 bits per heavy atom. The molecule has 0 aliphatic carbocycles. The molecule has 7 heteroatoms. The lowest BCUT2D eigenvalue weighted by Crippen LogP contribution is -2.64. The second-order valence-corrected chi connectivity index (χ2v) is 5.93. The highest BCUT2D eigenvalue weighted by Crippen LogP contribution is 2.13. The number of amides is 1. The van der Waals surface area contributed by atoms with E-state index in [2.05, 4.69) is 0 Å². The van der Waals surface area contributed by atoms with Crippen LogP contribution in [0.15, 0.2) is 30.3 Å². The average Bonchev–Trinajstić information content (AvgIpc) is 2.41. The molecule has 0 saturated heterocycles. The summed E-state index contributed by atoms with van der Waals surface area (Å²) >= 11 is 0. The van der Waals surface area contributed by atoms with Gasteiger partial charge in [0.15, 0.2) is 0 Å². The third-order valence-electron chi connectivity index (χ3n) is 2.31. The van der Waals surface area contributed by atoms with Gasteiger partial charge in [0.25, 0.3) is 5.91 Å². The van der Waals surface area contributed by atoms with Gasteiger partial charge in [0.2, 0.25) is 0 Å². The van der Waals surface area contributed by atoms with Crippen LogP contribution in [0, 0.1) is 0 Å². The molecule has 1 aromatic rings. The molecule has 1 amide bonds. The molecule has 0 saturated carbocycles. The van der Waals surface area contributed by atoms with Gasteiger partial charge in [0.05, 0.1) is 0 Å². The lowest BCUT2D eigenvalue weighted by molar-refractivity contribution is 0.0446. The van der Waals surface area contributed by atoms with Gasteiger partial charge in [-0.15, -0.1) is 0 Å². The van der Waals surface area contributed by atoms with Crippen LogP contribution in [0.3, 0.4) is 0 Å². The topological polar surface area (TPSA) is 74.0 Å². The van der Waals surface area contributed by atoms with Gasteiger partial charge in [0.1, 0.15) is 0 Å². The van der Waals surface area contributed by atoms with Crippen molar-refractivity contribution in [2.45, 2.75) is 0 Å². The van der Waals surface area contributed by atoms with Gasteiger partial charge in [0, 0.05) is 26.9 Å². The molecule has 0 atom stereocenters. The minimum Gasteiger partial charge on any atom is -0.359 e. The second-order valence-electron chi connectivity index (χ2n) is 3.18. The van der Waals surface area contributed by atoms with E-state index in [9.17, 15) is 4.79 Å².